The molecule has 0 aliphatic heterocycles. The Morgan fingerprint density at radius 3 is 1.97 bits per heavy atom. The molecule has 2 N–H and O–H groups in total. The van der Waals surface area contributed by atoms with Crippen molar-refractivity contribution in [1.29, 1.82) is 0 Å². The molecule has 0 bridgehead atoms. The van der Waals surface area contributed by atoms with Gasteiger partial charge in [-0.15, -0.1) is 12.4 Å². The van der Waals surface area contributed by atoms with Gasteiger partial charge in [-0.25, -0.2) is 4.79 Å². The Balaban J connectivity index is 0.000000268. The van der Waals surface area contributed by atoms with Crippen molar-refractivity contribution in [3.05, 3.63) is 107 Å². The number of fused-ring (bicyclic) bond motifs is 2. The van der Waals surface area contributed by atoms with Crippen molar-refractivity contribution in [1.82, 2.24) is 4.90 Å². The van der Waals surface area contributed by atoms with Crippen LogP contribution >= 0.6 is 12.4 Å². The molecule has 3 aromatic carbocycles. The van der Waals surface area contributed by atoms with Gasteiger partial charge in [-0.05, 0) is 79.0 Å². The molecule has 0 saturated heterocycles. The summed E-state index contributed by atoms with van der Waals surface area (Å²) in [7, 11) is 4.24. The summed E-state index contributed by atoms with van der Waals surface area (Å²) in [6.45, 7) is 3.61. The number of nitrogens with two attached hydrogens (primary N) is 1. The molecule has 5 heteroatoms. The van der Waals surface area contributed by atoms with Gasteiger partial charge in [-0.1, -0.05) is 80.1 Å². The van der Waals surface area contributed by atoms with Crippen molar-refractivity contribution in [2.24, 2.45) is 0 Å². The van der Waals surface area contributed by atoms with Crippen molar-refractivity contribution >= 4 is 41.8 Å². The van der Waals surface area contributed by atoms with E-state index in [0.717, 1.165) is 25.8 Å². The number of hydrogen-bond donors (Lipinski definition) is 1. The van der Waals surface area contributed by atoms with Gasteiger partial charge in [0.1, 0.15) is 0 Å². The smallest absolute Gasteiger partial charge is 0.338 e. The molecule has 1 aliphatic carbocycles. The average molecular weight is 505 g/mol. The Kier molecular flexibility index (Phi) is 12.0. The number of nitrogen functional groups attached to an aromatic ring is 1. The molecule has 1 aliphatic rings. The number of benzene rings is 3. The van der Waals surface area contributed by atoms with Gasteiger partial charge >= 0.3 is 5.97 Å². The quantitative estimate of drug-likeness (QED) is 0.164. The lowest BCUT2D eigenvalue weighted by Gasteiger charge is -2.13. The van der Waals surface area contributed by atoms with Crippen LogP contribution in [0.2, 0.25) is 0 Å². The van der Waals surface area contributed by atoms with Gasteiger partial charge in [0.25, 0.3) is 0 Å². The fourth-order valence-corrected chi connectivity index (χ4v) is 3.80. The molecular weight excluding hydrogens is 468 g/mol. The molecule has 0 heterocycles. The first kappa shape index (κ1) is 28.9. The fraction of sp³-hybridized carbons (Fsp3) is 0.258. The van der Waals surface area contributed by atoms with Gasteiger partial charge in [0.2, 0.25) is 0 Å². The lowest BCUT2D eigenvalue weighted by atomic mass is 9.93. The van der Waals surface area contributed by atoms with E-state index < -0.39 is 0 Å². The van der Waals surface area contributed by atoms with Gasteiger partial charge in [0, 0.05) is 12.2 Å². The van der Waals surface area contributed by atoms with Gasteiger partial charge < -0.3 is 15.4 Å². The van der Waals surface area contributed by atoms with Gasteiger partial charge in [-0.2, -0.15) is 0 Å². The maximum atomic E-state index is 11.4. The van der Waals surface area contributed by atoms with Crippen LogP contribution < -0.4 is 5.73 Å². The minimum atomic E-state index is -0.279. The third-order valence-corrected chi connectivity index (χ3v) is 5.75. The summed E-state index contributed by atoms with van der Waals surface area (Å²) in [6.07, 6.45) is 9.81. The molecule has 0 amide bonds. The first-order valence-corrected chi connectivity index (χ1v) is 12.2. The Morgan fingerprint density at radius 1 is 0.889 bits per heavy atom. The third-order valence-electron chi connectivity index (χ3n) is 5.75. The van der Waals surface area contributed by atoms with E-state index in [-0.39, 0.29) is 18.4 Å². The molecule has 0 atom stereocenters. The molecule has 0 unspecified atom stereocenters. The minimum absolute atomic E-state index is 0. The van der Waals surface area contributed by atoms with Crippen molar-refractivity contribution in [2.75, 3.05) is 33.0 Å². The zero-order valence-corrected chi connectivity index (χ0v) is 22.3. The predicted octanol–water partition coefficient (Wildman–Crippen LogP) is 7.20. The molecule has 0 saturated carbocycles. The summed E-state index contributed by atoms with van der Waals surface area (Å²) < 4.78 is 5.03. The van der Waals surface area contributed by atoms with Crippen LogP contribution in [0.1, 0.15) is 58.8 Å². The fourth-order valence-electron chi connectivity index (χ4n) is 3.80. The molecule has 4 nitrogen and oxygen atoms in total. The van der Waals surface area contributed by atoms with Crippen LogP contribution in [0, 0.1) is 0 Å². The summed E-state index contributed by atoms with van der Waals surface area (Å²) in [4.78, 5) is 13.6. The van der Waals surface area contributed by atoms with Gasteiger partial charge in [-0.3, -0.25) is 0 Å². The Labute approximate surface area is 221 Å². The zero-order valence-electron chi connectivity index (χ0n) is 21.4. The van der Waals surface area contributed by atoms with Crippen LogP contribution in [0.15, 0.2) is 78.9 Å². The lowest BCUT2D eigenvalue weighted by molar-refractivity contribution is 0.0500. The van der Waals surface area contributed by atoms with Crippen LogP contribution in [0.5, 0.6) is 0 Å². The standard InChI is InChI=1S/C20H21N.C11H15NO2.ClH/c1-21(2)15-7-12-20-18-10-5-3-8-16(18)13-14-17-9-4-6-11-19(17)20;1-2-3-8-14-11(13)9-4-6-10(12)7-5-9;/h3-6,8-14H,7,15H2,1-2H3;4-7H,2-3,8,12H2,1H3;1H. The normalized spacial score (nSPS) is 11.3. The second-order valence-electron chi connectivity index (χ2n) is 8.83. The lowest BCUT2D eigenvalue weighted by Crippen LogP contribution is -2.12. The Bertz CT molecular complexity index is 1120. The molecule has 4 rings (SSSR count). The highest BCUT2D eigenvalue weighted by Crippen LogP contribution is 2.33. The predicted molar refractivity (Wildman–Crippen MR) is 155 cm³/mol. The molecule has 36 heavy (non-hydrogen) atoms. The number of hydrogen-bond acceptors (Lipinski definition) is 4. The van der Waals surface area contributed by atoms with Crippen molar-refractivity contribution in [2.45, 2.75) is 26.2 Å². The van der Waals surface area contributed by atoms with E-state index in [1.54, 1.807) is 24.3 Å². The van der Waals surface area contributed by atoms with Gasteiger partial charge in [0.15, 0.2) is 0 Å². The van der Waals surface area contributed by atoms with E-state index in [0.29, 0.717) is 17.9 Å². The zero-order chi connectivity index (χ0) is 25.0. The SMILES string of the molecule is CCCCOC(=O)c1ccc(N)cc1.CN(C)CCC=C1c2ccccc2C=Cc2ccccc21.Cl. The molecule has 3 aromatic rings. The van der Waals surface area contributed by atoms with E-state index in [1.807, 2.05) is 0 Å². The molecule has 0 aromatic heterocycles. The van der Waals surface area contributed by atoms with E-state index >= 15 is 0 Å². The summed E-state index contributed by atoms with van der Waals surface area (Å²) in [6, 6.07) is 24.0. The van der Waals surface area contributed by atoms with Crippen LogP contribution in [-0.2, 0) is 4.74 Å². The second kappa shape index (κ2) is 14.9. The number of halogens is 1. The summed E-state index contributed by atoms with van der Waals surface area (Å²) >= 11 is 0. The number of carbonyl (C=O) groups excluding carboxylic acids is 1. The van der Waals surface area contributed by atoms with Crippen LogP contribution in [0.25, 0.3) is 17.7 Å². The summed E-state index contributed by atoms with van der Waals surface area (Å²) in [5, 5.41) is 0. The highest BCUT2D eigenvalue weighted by atomic mass is 35.5. The monoisotopic (exact) mass is 504 g/mol. The van der Waals surface area contributed by atoms with E-state index in [2.05, 4.69) is 92.7 Å². The topological polar surface area (TPSA) is 55.6 Å². The van der Waals surface area contributed by atoms with Crippen molar-refractivity contribution in [3.8, 4) is 0 Å². The van der Waals surface area contributed by atoms with E-state index in [1.165, 1.54) is 27.8 Å². The highest BCUT2D eigenvalue weighted by molar-refractivity contribution is 5.93. The Morgan fingerprint density at radius 2 is 1.44 bits per heavy atom. The molecule has 190 valence electrons. The summed E-state index contributed by atoms with van der Waals surface area (Å²) in [5.74, 6) is -0.279. The molecule has 0 spiro atoms. The van der Waals surface area contributed by atoms with Crippen molar-refractivity contribution < 1.29 is 9.53 Å². The number of nitrogens with zero attached hydrogens (tertiary/aromatic N) is 1. The maximum absolute atomic E-state index is 11.4. The number of ether oxygens (including phenoxy) is 1. The average Bonchev–Trinajstić information content (AvgIpc) is 3.02. The minimum Gasteiger partial charge on any atom is -0.462 e. The third kappa shape index (κ3) is 8.40. The number of anilines is 1. The van der Waals surface area contributed by atoms with E-state index in [4.69, 9.17) is 10.5 Å². The van der Waals surface area contributed by atoms with Crippen LogP contribution in [0.4, 0.5) is 5.69 Å². The van der Waals surface area contributed by atoms with Crippen LogP contribution in [-0.4, -0.2) is 38.1 Å². The number of esters is 1. The molecule has 0 radical (unpaired) electrons. The number of rotatable bonds is 7. The van der Waals surface area contributed by atoms with Gasteiger partial charge in [0.05, 0.1) is 12.2 Å². The largest absolute Gasteiger partial charge is 0.462 e. The second-order valence-corrected chi connectivity index (χ2v) is 8.83. The van der Waals surface area contributed by atoms with Crippen LogP contribution in [0.3, 0.4) is 0 Å². The summed E-state index contributed by atoms with van der Waals surface area (Å²) in [5.41, 5.74) is 13.3. The highest BCUT2D eigenvalue weighted by Gasteiger charge is 2.13. The maximum Gasteiger partial charge on any atom is 0.338 e. The van der Waals surface area contributed by atoms with E-state index in [9.17, 15) is 4.79 Å². The first-order valence-electron chi connectivity index (χ1n) is 12.2. The van der Waals surface area contributed by atoms with Crippen molar-refractivity contribution in [3.63, 3.8) is 0 Å². The number of unbranched alkanes of at least 4 members (excludes halogenated alkanes) is 1. The number of carbonyl (C=O) groups is 1. The first-order chi connectivity index (χ1) is 17.0. The molecular formula is C31H37ClN2O2. The Hall–Kier alpha value is -3.34. The molecule has 0 fully saturated rings.